The fraction of sp³-hybridized carbons (Fsp3) is 0.278. The number of amides is 2. The van der Waals surface area contributed by atoms with Crippen LogP contribution in [0.5, 0.6) is 0 Å². The van der Waals surface area contributed by atoms with Crippen molar-refractivity contribution in [3.8, 4) is 0 Å². The maximum absolute atomic E-state index is 14.6. The van der Waals surface area contributed by atoms with E-state index in [2.05, 4.69) is 43.8 Å². The molecule has 1 N–H and O–H groups in total. The molecule has 2 amide bonds. The first-order valence-electron chi connectivity index (χ1n) is 15.4. The van der Waals surface area contributed by atoms with Gasteiger partial charge in [-0.2, -0.15) is 0 Å². The van der Waals surface area contributed by atoms with Gasteiger partial charge in [0, 0.05) is 27.1 Å². The lowest BCUT2D eigenvalue weighted by Gasteiger charge is -2.35. The number of rotatable bonds is 12. The summed E-state index contributed by atoms with van der Waals surface area (Å²) in [5.74, 6) is -0.705. The van der Waals surface area contributed by atoms with Crippen molar-refractivity contribution in [3.63, 3.8) is 0 Å². The summed E-state index contributed by atoms with van der Waals surface area (Å²) < 4.78 is 31.1. The smallest absolute Gasteiger partial charge is 0.264 e. The van der Waals surface area contributed by atoms with E-state index in [1.807, 2.05) is 66.7 Å². The van der Waals surface area contributed by atoms with Gasteiger partial charge in [0.2, 0.25) is 11.8 Å². The Hall–Kier alpha value is -3.22. The van der Waals surface area contributed by atoms with Crippen LogP contribution in [0, 0.1) is 3.57 Å². The summed E-state index contributed by atoms with van der Waals surface area (Å²) in [7, 11) is -4.13. The zero-order chi connectivity index (χ0) is 32.5. The lowest BCUT2D eigenvalue weighted by atomic mass is 9.94. The lowest BCUT2D eigenvalue weighted by Crippen LogP contribution is -2.55. The average molecular weight is 815 g/mol. The predicted octanol–water partition coefficient (Wildman–Crippen LogP) is 7.34. The second kappa shape index (κ2) is 16.1. The van der Waals surface area contributed by atoms with Crippen molar-refractivity contribution in [2.24, 2.45) is 0 Å². The van der Waals surface area contributed by atoms with Crippen LogP contribution >= 0.6 is 38.5 Å². The van der Waals surface area contributed by atoms with Crippen molar-refractivity contribution in [1.82, 2.24) is 10.2 Å². The van der Waals surface area contributed by atoms with Crippen molar-refractivity contribution in [2.45, 2.75) is 62.0 Å². The topological polar surface area (TPSA) is 86.8 Å². The van der Waals surface area contributed by atoms with Gasteiger partial charge in [0.15, 0.2) is 0 Å². The number of nitrogens with one attached hydrogen (secondary N) is 1. The SMILES string of the molecule is O=C(NC1CCCCC1)C(Cc1ccccc1)N(Cc1cccc(Br)c1)C(=O)CN(c1ccc(I)cc1)S(=O)(=O)c1ccccc1. The summed E-state index contributed by atoms with van der Waals surface area (Å²) in [5, 5.41) is 3.24. The second-order valence-corrected chi connectivity index (χ2v) is 15.5. The molecule has 5 rings (SSSR count). The van der Waals surface area contributed by atoms with Gasteiger partial charge >= 0.3 is 0 Å². The molecule has 0 heterocycles. The Labute approximate surface area is 293 Å². The summed E-state index contributed by atoms with van der Waals surface area (Å²) in [6.07, 6.45) is 5.35. The third-order valence-electron chi connectivity index (χ3n) is 8.19. The van der Waals surface area contributed by atoms with E-state index in [0.717, 1.165) is 55.6 Å². The van der Waals surface area contributed by atoms with Crippen molar-refractivity contribution in [1.29, 1.82) is 0 Å². The minimum Gasteiger partial charge on any atom is -0.352 e. The molecule has 46 heavy (non-hydrogen) atoms. The molecule has 7 nitrogen and oxygen atoms in total. The van der Waals surface area contributed by atoms with Gasteiger partial charge in [-0.25, -0.2) is 8.42 Å². The predicted molar refractivity (Wildman–Crippen MR) is 194 cm³/mol. The molecular formula is C36H37BrIN3O4S. The number of benzene rings is 4. The first-order valence-corrected chi connectivity index (χ1v) is 18.7. The van der Waals surface area contributed by atoms with Crippen molar-refractivity contribution in [2.75, 3.05) is 10.8 Å². The van der Waals surface area contributed by atoms with Gasteiger partial charge in [0.25, 0.3) is 10.0 Å². The number of anilines is 1. The Balaban J connectivity index is 1.55. The molecule has 0 bridgehead atoms. The second-order valence-electron chi connectivity index (χ2n) is 11.5. The molecular weight excluding hydrogens is 777 g/mol. The van der Waals surface area contributed by atoms with Gasteiger partial charge in [-0.1, -0.05) is 95.9 Å². The third-order valence-corrected chi connectivity index (χ3v) is 11.2. The number of carbonyl (C=O) groups excluding carboxylic acids is 2. The minimum absolute atomic E-state index is 0.0455. The van der Waals surface area contributed by atoms with Gasteiger partial charge in [0.1, 0.15) is 12.6 Å². The quantitative estimate of drug-likeness (QED) is 0.152. The normalized spacial score (nSPS) is 14.3. The first kappa shape index (κ1) is 34.1. The van der Waals surface area contributed by atoms with Gasteiger partial charge < -0.3 is 10.2 Å². The Morgan fingerprint density at radius 2 is 1.46 bits per heavy atom. The molecule has 1 unspecified atom stereocenters. The van der Waals surface area contributed by atoms with E-state index >= 15 is 0 Å². The van der Waals surface area contributed by atoms with Crippen LogP contribution < -0.4 is 9.62 Å². The summed E-state index contributed by atoms with van der Waals surface area (Å²) in [6.45, 7) is -0.354. The zero-order valence-corrected chi connectivity index (χ0v) is 30.0. The maximum Gasteiger partial charge on any atom is 0.264 e. The minimum atomic E-state index is -4.13. The standard InChI is InChI=1S/C36H37BrIN3O4S/c37-29-14-10-13-28(23-29)25-40(34(24-27-11-4-1-5-12-27)36(43)39-31-15-6-2-7-16-31)35(42)26-41(32-21-19-30(38)20-22-32)46(44,45)33-17-8-3-9-18-33/h1,3-5,8-14,17-23,31,34H,2,6-7,15-16,24-26H2,(H,39,43). The van der Waals surface area contributed by atoms with E-state index < -0.39 is 28.5 Å². The molecule has 4 aromatic carbocycles. The highest BCUT2D eigenvalue weighted by atomic mass is 127. The monoisotopic (exact) mass is 813 g/mol. The van der Waals surface area contributed by atoms with Crippen molar-refractivity contribution < 1.29 is 18.0 Å². The van der Waals surface area contributed by atoms with Crippen LogP contribution in [0.4, 0.5) is 5.69 Å². The number of hydrogen-bond acceptors (Lipinski definition) is 4. The van der Waals surface area contributed by atoms with E-state index in [4.69, 9.17) is 0 Å². The molecule has 1 aliphatic rings. The molecule has 0 spiro atoms. The van der Waals surface area contributed by atoms with Gasteiger partial charge in [-0.15, -0.1) is 0 Å². The van der Waals surface area contributed by atoms with Crippen LogP contribution in [0.2, 0.25) is 0 Å². The van der Waals surface area contributed by atoms with Crippen LogP contribution in [-0.2, 0) is 32.6 Å². The van der Waals surface area contributed by atoms with Crippen LogP contribution in [0.3, 0.4) is 0 Å². The molecule has 10 heteroatoms. The molecule has 1 saturated carbocycles. The number of nitrogens with zero attached hydrogens (tertiary/aromatic N) is 2. The maximum atomic E-state index is 14.6. The van der Waals surface area contributed by atoms with Gasteiger partial charge in [-0.3, -0.25) is 13.9 Å². The van der Waals surface area contributed by atoms with E-state index in [1.165, 1.54) is 12.1 Å². The molecule has 0 saturated heterocycles. The molecule has 1 aliphatic carbocycles. The molecule has 1 atom stereocenters. The summed E-state index contributed by atoms with van der Waals surface area (Å²) in [5.41, 5.74) is 2.09. The third kappa shape index (κ3) is 8.98. The van der Waals surface area contributed by atoms with Gasteiger partial charge in [0.05, 0.1) is 10.6 Å². The first-order chi connectivity index (χ1) is 22.2. The van der Waals surface area contributed by atoms with E-state index in [1.54, 1.807) is 35.2 Å². The Bertz CT molecular complexity index is 1720. The molecule has 0 aromatic heterocycles. The largest absolute Gasteiger partial charge is 0.352 e. The Morgan fingerprint density at radius 1 is 0.826 bits per heavy atom. The van der Waals surface area contributed by atoms with Crippen molar-refractivity contribution in [3.05, 3.63) is 128 Å². The van der Waals surface area contributed by atoms with Crippen LogP contribution in [0.25, 0.3) is 0 Å². The highest BCUT2D eigenvalue weighted by Gasteiger charge is 2.35. The average Bonchev–Trinajstić information content (AvgIpc) is 3.07. The summed E-state index contributed by atoms with van der Waals surface area (Å²) >= 11 is 5.69. The molecule has 0 radical (unpaired) electrons. The fourth-order valence-electron chi connectivity index (χ4n) is 5.79. The molecule has 4 aromatic rings. The van der Waals surface area contributed by atoms with Gasteiger partial charge in [-0.05, 0) is 95.1 Å². The lowest BCUT2D eigenvalue weighted by molar-refractivity contribution is -0.140. The number of halogens is 2. The summed E-state index contributed by atoms with van der Waals surface area (Å²) in [4.78, 5) is 30.4. The van der Waals surface area contributed by atoms with Crippen LogP contribution in [-0.4, -0.2) is 43.8 Å². The van der Waals surface area contributed by atoms with Crippen molar-refractivity contribution >= 4 is 66.0 Å². The highest BCUT2D eigenvalue weighted by Crippen LogP contribution is 2.26. The number of hydrogen-bond donors (Lipinski definition) is 1. The van der Waals surface area contributed by atoms with E-state index in [-0.39, 0.29) is 29.8 Å². The van der Waals surface area contributed by atoms with Crippen LogP contribution in [0.1, 0.15) is 43.2 Å². The van der Waals surface area contributed by atoms with E-state index in [0.29, 0.717) is 5.69 Å². The van der Waals surface area contributed by atoms with E-state index in [9.17, 15) is 18.0 Å². The number of carbonyl (C=O) groups is 2. The Kier molecular flexibility index (Phi) is 11.9. The fourth-order valence-corrected chi connectivity index (χ4v) is 8.03. The van der Waals surface area contributed by atoms with Crippen LogP contribution in [0.15, 0.2) is 119 Å². The molecule has 1 fully saturated rings. The summed E-state index contributed by atoms with van der Waals surface area (Å²) in [6, 6.07) is 31.5. The number of sulfonamides is 1. The highest BCUT2D eigenvalue weighted by molar-refractivity contribution is 14.1. The Morgan fingerprint density at radius 3 is 2.11 bits per heavy atom. The molecule has 240 valence electrons. The molecule has 0 aliphatic heterocycles. The zero-order valence-electron chi connectivity index (χ0n) is 25.4.